The Bertz CT molecular complexity index is 763. The summed E-state index contributed by atoms with van der Waals surface area (Å²) in [6, 6.07) is 6.53. The second kappa shape index (κ2) is 6.96. The van der Waals surface area contributed by atoms with Gasteiger partial charge in [0.15, 0.2) is 0 Å². The van der Waals surface area contributed by atoms with Gasteiger partial charge < -0.3 is 15.1 Å². The van der Waals surface area contributed by atoms with Crippen LogP contribution in [0.15, 0.2) is 24.5 Å². The van der Waals surface area contributed by atoms with Crippen molar-refractivity contribution in [1.82, 2.24) is 20.2 Å². The maximum atomic E-state index is 11.5. The Kier molecular flexibility index (Phi) is 4.53. The molecule has 0 spiro atoms. The second-order valence-corrected chi connectivity index (χ2v) is 6.98. The van der Waals surface area contributed by atoms with E-state index in [1.54, 1.807) is 13.3 Å². The smallest absolute Gasteiger partial charge is 0.219 e. The molecule has 4 rings (SSSR count). The van der Waals surface area contributed by atoms with Crippen LogP contribution in [0.4, 0.5) is 5.69 Å². The summed E-state index contributed by atoms with van der Waals surface area (Å²) in [6.07, 6.45) is 3.99. The van der Waals surface area contributed by atoms with Crippen LogP contribution < -0.4 is 10.2 Å². The first kappa shape index (κ1) is 16.3. The lowest BCUT2D eigenvalue weighted by Gasteiger charge is -2.35. The van der Waals surface area contributed by atoms with Crippen molar-refractivity contribution in [3.8, 4) is 0 Å². The first-order valence-corrected chi connectivity index (χ1v) is 9.18. The lowest BCUT2D eigenvalue weighted by molar-refractivity contribution is -0.129. The molecule has 2 aromatic rings. The molecule has 6 nitrogen and oxygen atoms in total. The van der Waals surface area contributed by atoms with E-state index < -0.39 is 0 Å². The average molecular weight is 339 g/mol. The van der Waals surface area contributed by atoms with Gasteiger partial charge in [-0.05, 0) is 44.1 Å². The number of piperidine rings is 1. The number of hydrogen-bond acceptors (Lipinski definition) is 5. The molecule has 3 heterocycles. The molecule has 2 fully saturated rings. The number of fused-ring (bicyclic) bond motifs is 1. The highest BCUT2D eigenvalue weighted by molar-refractivity contribution is 5.84. The molecule has 1 amide bonds. The van der Waals surface area contributed by atoms with E-state index in [-0.39, 0.29) is 5.91 Å². The highest BCUT2D eigenvalue weighted by Gasteiger charge is 2.21. The van der Waals surface area contributed by atoms with Crippen molar-refractivity contribution in [2.45, 2.75) is 25.7 Å². The summed E-state index contributed by atoms with van der Waals surface area (Å²) >= 11 is 0. The topological polar surface area (TPSA) is 61.4 Å². The maximum absolute atomic E-state index is 11.5. The fourth-order valence-corrected chi connectivity index (χ4v) is 3.96. The highest BCUT2D eigenvalue weighted by atomic mass is 16.2. The normalized spacial score (nSPS) is 19.4. The number of benzene rings is 1. The van der Waals surface area contributed by atoms with E-state index in [0.717, 1.165) is 57.6 Å². The fourth-order valence-electron chi connectivity index (χ4n) is 3.96. The van der Waals surface area contributed by atoms with E-state index in [2.05, 4.69) is 38.4 Å². The Labute approximate surface area is 148 Å². The van der Waals surface area contributed by atoms with Crippen molar-refractivity contribution in [2.24, 2.45) is 0 Å². The van der Waals surface area contributed by atoms with Crippen LogP contribution in [0.2, 0.25) is 0 Å². The number of anilines is 1. The van der Waals surface area contributed by atoms with Crippen molar-refractivity contribution in [2.75, 3.05) is 44.2 Å². The molecule has 0 radical (unpaired) electrons. The zero-order valence-corrected chi connectivity index (χ0v) is 14.7. The predicted molar refractivity (Wildman–Crippen MR) is 98.8 cm³/mol. The van der Waals surface area contributed by atoms with E-state index in [1.807, 2.05) is 4.90 Å². The SMILES string of the molecule is CC(=O)N1CCN(c2ccc3c(C4CCNCC4)ncnc3c2)CC1. The molecule has 6 heteroatoms. The number of amides is 1. The molecule has 0 unspecified atom stereocenters. The monoisotopic (exact) mass is 339 g/mol. The van der Waals surface area contributed by atoms with Crippen molar-refractivity contribution in [3.63, 3.8) is 0 Å². The van der Waals surface area contributed by atoms with Gasteiger partial charge in [-0.25, -0.2) is 9.97 Å². The van der Waals surface area contributed by atoms with Gasteiger partial charge in [-0.1, -0.05) is 0 Å². The standard InChI is InChI=1S/C19H25N5O/c1-14(25)23-8-10-24(11-9-23)16-2-3-17-18(12-16)21-13-22-19(17)15-4-6-20-7-5-15/h2-3,12-13,15,20H,4-11H2,1H3. The summed E-state index contributed by atoms with van der Waals surface area (Å²) in [5, 5.41) is 4.60. The molecule has 2 aliphatic heterocycles. The number of nitrogens with one attached hydrogen (secondary N) is 1. The van der Waals surface area contributed by atoms with E-state index in [9.17, 15) is 4.79 Å². The van der Waals surface area contributed by atoms with E-state index >= 15 is 0 Å². The number of carbonyl (C=O) groups excluding carboxylic acids is 1. The van der Waals surface area contributed by atoms with Gasteiger partial charge in [-0.3, -0.25) is 4.79 Å². The third kappa shape index (κ3) is 3.31. The average Bonchev–Trinajstić information content (AvgIpc) is 2.68. The molecule has 0 atom stereocenters. The van der Waals surface area contributed by atoms with Crippen molar-refractivity contribution in [3.05, 3.63) is 30.2 Å². The number of aromatic nitrogens is 2. The quantitative estimate of drug-likeness (QED) is 0.903. The lowest BCUT2D eigenvalue weighted by Crippen LogP contribution is -2.48. The molecule has 0 saturated carbocycles. The number of piperazine rings is 1. The molecule has 1 N–H and O–H groups in total. The van der Waals surface area contributed by atoms with Crippen molar-refractivity contribution < 1.29 is 4.79 Å². The summed E-state index contributed by atoms with van der Waals surface area (Å²) in [6.45, 7) is 7.10. The fraction of sp³-hybridized carbons (Fsp3) is 0.526. The Morgan fingerprint density at radius 2 is 1.88 bits per heavy atom. The number of carbonyl (C=O) groups is 1. The van der Waals surface area contributed by atoms with Gasteiger partial charge in [0.1, 0.15) is 6.33 Å². The van der Waals surface area contributed by atoms with Crippen LogP contribution in [0, 0.1) is 0 Å². The number of nitrogens with zero attached hydrogens (tertiary/aromatic N) is 4. The van der Waals surface area contributed by atoms with Gasteiger partial charge in [0, 0.05) is 50.1 Å². The minimum atomic E-state index is 0.164. The number of hydrogen-bond donors (Lipinski definition) is 1. The Morgan fingerprint density at radius 1 is 1.12 bits per heavy atom. The molecular formula is C19H25N5O. The maximum Gasteiger partial charge on any atom is 0.219 e. The van der Waals surface area contributed by atoms with Gasteiger partial charge in [-0.2, -0.15) is 0 Å². The molecule has 0 aliphatic carbocycles. The van der Waals surface area contributed by atoms with Crippen LogP contribution in [-0.2, 0) is 4.79 Å². The zero-order valence-electron chi connectivity index (χ0n) is 14.7. The van der Waals surface area contributed by atoms with E-state index in [4.69, 9.17) is 0 Å². The Hall–Kier alpha value is -2.21. The van der Waals surface area contributed by atoms with Gasteiger partial charge in [0.05, 0.1) is 11.2 Å². The van der Waals surface area contributed by atoms with Crippen molar-refractivity contribution >= 4 is 22.5 Å². The van der Waals surface area contributed by atoms with Gasteiger partial charge in [-0.15, -0.1) is 0 Å². The summed E-state index contributed by atoms with van der Waals surface area (Å²) in [4.78, 5) is 24.9. The number of rotatable bonds is 2. The van der Waals surface area contributed by atoms with Gasteiger partial charge in [0.2, 0.25) is 5.91 Å². The van der Waals surface area contributed by atoms with Crippen LogP contribution in [0.3, 0.4) is 0 Å². The first-order chi connectivity index (χ1) is 12.2. The predicted octanol–water partition coefficient (Wildman–Crippen LogP) is 1.77. The minimum Gasteiger partial charge on any atom is -0.368 e. The molecular weight excluding hydrogens is 314 g/mol. The molecule has 132 valence electrons. The molecule has 1 aromatic heterocycles. The summed E-state index contributed by atoms with van der Waals surface area (Å²) in [5.41, 5.74) is 3.40. The van der Waals surface area contributed by atoms with Gasteiger partial charge >= 0.3 is 0 Å². The molecule has 0 bridgehead atoms. The largest absolute Gasteiger partial charge is 0.368 e. The highest BCUT2D eigenvalue weighted by Crippen LogP contribution is 2.30. The summed E-state index contributed by atoms with van der Waals surface area (Å²) < 4.78 is 0. The molecule has 25 heavy (non-hydrogen) atoms. The third-order valence-corrected chi connectivity index (χ3v) is 5.47. The van der Waals surface area contributed by atoms with Crippen LogP contribution in [0.5, 0.6) is 0 Å². The molecule has 2 aliphatic rings. The molecule has 1 aromatic carbocycles. The first-order valence-electron chi connectivity index (χ1n) is 9.18. The van der Waals surface area contributed by atoms with Crippen LogP contribution in [-0.4, -0.2) is 60.0 Å². The molecule has 2 saturated heterocycles. The van der Waals surface area contributed by atoms with Gasteiger partial charge in [0.25, 0.3) is 0 Å². The minimum absolute atomic E-state index is 0.164. The summed E-state index contributed by atoms with van der Waals surface area (Å²) in [7, 11) is 0. The van der Waals surface area contributed by atoms with E-state index in [0.29, 0.717) is 5.92 Å². The Balaban J connectivity index is 1.58. The Morgan fingerprint density at radius 3 is 2.60 bits per heavy atom. The zero-order chi connectivity index (χ0) is 17.2. The summed E-state index contributed by atoms with van der Waals surface area (Å²) in [5.74, 6) is 0.689. The second-order valence-electron chi connectivity index (χ2n) is 6.98. The van der Waals surface area contributed by atoms with Crippen LogP contribution >= 0.6 is 0 Å². The van der Waals surface area contributed by atoms with Crippen LogP contribution in [0.25, 0.3) is 10.9 Å². The third-order valence-electron chi connectivity index (χ3n) is 5.47. The lowest BCUT2D eigenvalue weighted by atomic mass is 9.92. The van der Waals surface area contributed by atoms with Crippen LogP contribution in [0.1, 0.15) is 31.4 Å². The van der Waals surface area contributed by atoms with Crippen molar-refractivity contribution in [1.29, 1.82) is 0 Å². The van der Waals surface area contributed by atoms with E-state index in [1.165, 1.54) is 16.8 Å².